The number of carbonyl (C=O) groups is 2. The predicted octanol–water partition coefficient (Wildman–Crippen LogP) is 4.79. The second-order valence-corrected chi connectivity index (χ2v) is 9.60. The Bertz CT molecular complexity index is 1170. The summed E-state index contributed by atoms with van der Waals surface area (Å²) in [5.41, 5.74) is 2.80. The zero-order valence-electron chi connectivity index (χ0n) is 21.2. The molecule has 7 nitrogen and oxygen atoms in total. The van der Waals surface area contributed by atoms with Crippen LogP contribution in [0.5, 0.6) is 5.75 Å². The maximum Gasteiger partial charge on any atom is 0.260 e. The van der Waals surface area contributed by atoms with E-state index in [0.29, 0.717) is 30.4 Å². The first kappa shape index (κ1) is 26.6. The highest BCUT2D eigenvalue weighted by Crippen LogP contribution is 2.24. The molecule has 0 saturated carbocycles. The number of hydrogen-bond acceptors (Lipinski definition) is 5. The van der Waals surface area contributed by atoms with E-state index in [1.165, 1.54) is 0 Å². The van der Waals surface area contributed by atoms with E-state index in [0.717, 1.165) is 49.4 Å². The standard InChI is InChI=1S/C29H33ClN4O3/c1-23(35)34-19-7-17-32(21-26-9-4-5-15-31-26)16-6-18-33(20-24-8-2-3-10-28(24)34)29(36)22-37-27-13-11-25(30)12-14-27/h2-5,8-15H,6-7,16-22H2,1H3. The van der Waals surface area contributed by atoms with Gasteiger partial charge in [0, 0.05) is 63.1 Å². The molecule has 0 fully saturated rings. The van der Waals surface area contributed by atoms with Crippen LogP contribution < -0.4 is 9.64 Å². The van der Waals surface area contributed by atoms with Gasteiger partial charge < -0.3 is 14.5 Å². The zero-order chi connectivity index (χ0) is 26.0. The fourth-order valence-electron chi connectivity index (χ4n) is 4.55. The van der Waals surface area contributed by atoms with E-state index in [1.807, 2.05) is 52.3 Å². The van der Waals surface area contributed by atoms with Crippen molar-refractivity contribution in [2.75, 3.05) is 37.7 Å². The lowest BCUT2D eigenvalue weighted by molar-refractivity contribution is -0.134. The van der Waals surface area contributed by atoms with Crippen LogP contribution in [0.4, 0.5) is 5.69 Å². The van der Waals surface area contributed by atoms with Gasteiger partial charge in [0.05, 0.1) is 5.69 Å². The molecule has 1 aliphatic heterocycles. The second kappa shape index (κ2) is 13.2. The Morgan fingerprint density at radius 1 is 0.919 bits per heavy atom. The van der Waals surface area contributed by atoms with Crippen LogP contribution in [0.15, 0.2) is 72.9 Å². The Kier molecular flexibility index (Phi) is 9.52. The summed E-state index contributed by atoms with van der Waals surface area (Å²) in [5, 5.41) is 0.614. The summed E-state index contributed by atoms with van der Waals surface area (Å²) in [7, 11) is 0. The van der Waals surface area contributed by atoms with Crippen LogP contribution in [0, 0.1) is 0 Å². The molecule has 3 aromatic rings. The molecule has 0 radical (unpaired) electrons. The molecule has 0 aliphatic carbocycles. The van der Waals surface area contributed by atoms with Gasteiger partial charge >= 0.3 is 0 Å². The minimum Gasteiger partial charge on any atom is -0.484 e. The number of nitrogens with zero attached hydrogens (tertiary/aromatic N) is 4. The Morgan fingerprint density at radius 2 is 1.65 bits per heavy atom. The molecule has 0 N–H and O–H groups in total. The van der Waals surface area contributed by atoms with Gasteiger partial charge in [0.15, 0.2) is 6.61 Å². The van der Waals surface area contributed by atoms with Crippen LogP contribution in [0.1, 0.15) is 31.0 Å². The molecule has 8 heteroatoms. The molecule has 1 aliphatic rings. The Morgan fingerprint density at radius 3 is 2.38 bits per heavy atom. The van der Waals surface area contributed by atoms with Gasteiger partial charge in [-0.25, -0.2) is 0 Å². The van der Waals surface area contributed by atoms with Gasteiger partial charge in [-0.05, 0) is 60.9 Å². The fraction of sp³-hybridized carbons (Fsp3) is 0.345. The Labute approximate surface area is 223 Å². The normalized spacial score (nSPS) is 15.3. The number of ether oxygens (including phenoxy) is 1. The molecule has 4 rings (SSSR count). The van der Waals surface area contributed by atoms with Crippen LogP contribution >= 0.6 is 11.6 Å². The van der Waals surface area contributed by atoms with Crippen molar-refractivity contribution < 1.29 is 14.3 Å². The molecule has 2 heterocycles. The Hall–Kier alpha value is -3.42. The van der Waals surface area contributed by atoms with Crippen LogP contribution in [0.25, 0.3) is 0 Å². The first-order chi connectivity index (χ1) is 18.0. The number of fused-ring (bicyclic) bond motifs is 1. The SMILES string of the molecule is CC(=O)N1CCCN(Cc2ccccn2)CCCN(C(=O)COc2ccc(Cl)cc2)Cc2ccccc21. The maximum absolute atomic E-state index is 13.3. The van der Waals surface area contributed by atoms with Gasteiger partial charge in [0.1, 0.15) is 5.75 Å². The van der Waals surface area contributed by atoms with Crippen LogP contribution in [0.2, 0.25) is 5.02 Å². The van der Waals surface area contributed by atoms with E-state index < -0.39 is 0 Å². The number of benzene rings is 2. The maximum atomic E-state index is 13.3. The molecule has 2 aromatic carbocycles. The molecule has 2 amide bonds. The molecular weight excluding hydrogens is 488 g/mol. The van der Waals surface area contributed by atoms with Crippen molar-refractivity contribution >= 4 is 29.1 Å². The first-order valence-electron chi connectivity index (χ1n) is 12.6. The van der Waals surface area contributed by atoms with E-state index in [-0.39, 0.29) is 18.4 Å². The second-order valence-electron chi connectivity index (χ2n) is 9.16. The number of anilines is 1. The number of aromatic nitrogens is 1. The summed E-state index contributed by atoms with van der Waals surface area (Å²) in [6.45, 7) is 5.49. The lowest BCUT2D eigenvalue weighted by atomic mass is 10.1. The third kappa shape index (κ3) is 7.78. The van der Waals surface area contributed by atoms with Gasteiger partial charge in [-0.3, -0.25) is 19.5 Å². The number of carbonyl (C=O) groups excluding carboxylic acids is 2. The topological polar surface area (TPSA) is 66.0 Å². The molecule has 37 heavy (non-hydrogen) atoms. The summed E-state index contributed by atoms with van der Waals surface area (Å²) >= 11 is 5.96. The molecule has 0 spiro atoms. The first-order valence-corrected chi connectivity index (χ1v) is 13.0. The summed E-state index contributed by atoms with van der Waals surface area (Å²) in [5.74, 6) is 0.481. The van der Waals surface area contributed by atoms with Crippen molar-refractivity contribution in [3.63, 3.8) is 0 Å². The van der Waals surface area contributed by atoms with Gasteiger partial charge in [-0.1, -0.05) is 35.9 Å². The zero-order valence-corrected chi connectivity index (χ0v) is 21.9. The number of halogens is 1. The third-order valence-electron chi connectivity index (χ3n) is 6.42. The molecule has 0 unspecified atom stereocenters. The van der Waals surface area contributed by atoms with Crippen molar-refractivity contribution in [3.8, 4) is 5.75 Å². The summed E-state index contributed by atoms with van der Waals surface area (Å²) in [4.78, 5) is 36.4. The van der Waals surface area contributed by atoms with Gasteiger partial charge in [-0.2, -0.15) is 0 Å². The van der Waals surface area contributed by atoms with Crippen molar-refractivity contribution in [2.24, 2.45) is 0 Å². The summed E-state index contributed by atoms with van der Waals surface area (Å²) in [6.07, 6.45) is 3.47. The average Bonchev–Trinajstić information content (AvgIpc) is 2.90. The van der Waals surface area contributed by atoms with E-state index in [9.17, 15) is 9.59 Å². The quantitative estimate of drug-likeness (QED) is 0.484. The fourth-order valence-corrected chi connectivity index (χ4v) is 4.67. The molecule has 0 atom stereocenters. The van der Waals surface area contributed by atoms with E-state index >= 15 is 0 Å². The lowest BCUT2D eigenvalue weighted by Gasteiger charge is -2.31. The van der Waals surface area contributed by atoms with Crippen LogP contribution in [0.3, 0.4) is 0 Å². The average molecular weight is 521 g/mol. The minimum absolute atomic E-state index is 0.00951. The van der Waals surface area contributed by atoms with E-state index in [4.69, 9.17) is 16.3 Å². The molecule has 194 valence electrons. The van der Waals surface area contributed by atoms with Gasteiger partial charge in [-0.15, -0.1) is 0 Å². The number of para-hydroxylation sites is 1. The number of pyridine rings is 1. The largest absolute Gasteiger partial charge is 0.484 e. The molecule has 0 saturated heterocycles. The summed E-state index contributed by atoms with van der Waals surface area (Å²) in [6, 6.07) is 20.7. The highest BCUT2D eigenvalue weighted by molar-refractivity contribution is 6.30. The number of rotatable bonds is 5. The molecule has 1 aromatic heterocycles. The Balaban J connectivity index is 1.54. The van der Waals surface area contributed by atoms with Crippen LogP contribution in [-0.4, -0.2) is 59.4 Å². The minimum atomic E-state index is -0.104. The third-order valence-corrected chi connectivity index (χ3v) is 6.67. The monoisotopic (exact) mass is 520 g/mol. The smallest absolute Gasteiger partial charge is 0.260 e. The van der Waals surface area contributed by atoms with Crippen molar-refractivity contribution in [3.05, 3.63) is 89.2 Å². The lowest BCUT2D eigenvalue weighted by Crippen LogP contribution is -2.39. The van der Waals surface area contributed by atoms with E-state index in [2.05, 4.69) is 9.88 Å². The highest BCUT2D eigenvalue weighted by Gasteiger charge is 2.22. The molecule has 0 bridgehead atoms. The molecular formula is C29H33ClN4O3. The van der Waals surface area contributed by atoms with Gasteiger partial charge in [0.25, 0.3) is 5.91 Å². The van der Waals surface area contributed by atoms with E-state index in [1.54, 1.807) is 37.4 Å². The highest BCUT2D eigenvalue weighted by atomic mass is 35.5. The predicted molar refractivity (Wildman–Crippen MR) is 146 cm³/mol. The summed E-state index contributed by atoms with van der Waals surface area (Å²) < 4.78 is 5.76. The number of hydrogen-bond donors (Lipinski definition) is 0. The van der Waals surface area contributed by atoms with Gasteiger partial charge in [0.2, 0.25) is 5.91 Å². The van der Waals surface area contributed by atoms with Crippen molar-refractivity contribution in [1.82, 2.24) is 14.8 Å². The number of amides is 2. The van der Waals surface area contributed by atoms with Crippen LogP contribution in [-0.2, 0) is 22.7 Å². The van der Waals surface area contributed by atoms with Crippen molar-refractivity contribution in [2.45, 2.75) is 32.9 Å². The van der Waals surface area contributed by atoms with Crippen molar-refractivity contribution in [1.29, 1.82) is 0 Å².